The van der Waals surface area contributed by atoms with Crippen molar-refractivity contribution in [2.75, 3.05) is 6.61 Å². The number of rotatable bonds is 3. The molecule has 0 saturated carbocycles. The average molecular weight is 285 g/mol. The second-order valence-electron chi connectivity index (χ2n) is 3.36. The minimum absolute atomic E-state index is 0.0678. The van der Waals surface area contributed by atoms with E-state index in [1.54, 1.807) is 0 Å². The van der Waals surface area contributed by atoms with Crippen LogP contribution in [-0.4, -0.2) is 17.6 Å². The molecule has 9 heteroatoms. The summed E-state index contributed by atoms with van der Waals surface area (Å²) >= 11 is 0. The lowest BCUT2D eigenvalue weighted by atomic mass is 10.1. The van der Waals surface area contributed by atoms with Gasteiger partial charge in [-0.15, -0.1) is 0 Å². The number of ether oxygens (including phenoxy) is 1. The first-order chi connectivity index (χ1) is 8.68. The van der Waals surface area contributed by atoms with Gasteiger partial charge in [0.2, 0.25) is 0 Å². The average Bonchev–Trinajstić information content (AvgIpc) is 2.26. The molecule has 0 spiro atoms. The maximum Gasteiger partial charge on any atom is 0.418 e. The van der Waals surface area contributed by atoms with Crippen LogP contribution in [0.1, 0.15) is 35.0 Å². The Morgan fingerprint density at radius 3 is 2.42 bits per heavy atom. The summed E-state index contributed by atoms with van der Waals surface area (Å²) in [7, 11) is 0. The topological polar surface area (TPSA) is 59.2 Å². The van der Waals surface area contributed by atoms with E-state index < -0.39 is 41.0 Å². The second kappa shape index (κ2) is 5.37. The smallest absolute Gasteiger partial charge is 0.418 e. The third-order valence-electron chi connectivity index (χ3n) is 2.09. The zero-order valence-electron chi connectivity index (χ0n) is 9.48. The van der Waals surface area contributed by atoms with Crippen LogP contribution in [0.15, 0.2) is 10.9 Å². The molecule has 0 bridgehead atoms. The molecule has 1 N–H and O–H groups in total. The molecular formula is C10H8F5NO3. The van der Waals surface area contributed by atoms with E-state index in [4.69, 9.17) is 0 Å². The summed E-state index contributed by atoms with van der Waals surface area (Å²) in [5.74, 6) is -1.31. The molecule has 0 radical (unpaired) electrons. The van der Waals surface area contributed by atoms with E-state index >= 15 is 0 Å². The van der Waals surface area contributed by atoms with Crippen LogP contribution in [0.4, 0.5) is 22.0 Å². The van der Waals surface area contributed by atoms with Gasteiger partial charge in [-0.2, -0.15) is 13.2 Å². The molecule has 1 rings (SSSR count). The Morgan fingerprint density at radius 2 is 2.00 bits per heavy atom. The summed E-state index contributed by atoms with van der Waals surface area (Å²) in [6.45, 7) is 1.21. The Labute approximate surface area is 103 Å². The molecule has 0 fully saturated rings. The minimum atomic E-state index is -5.13. The summed E-state index contributed by atoms with van der Waals surface area (Å²) in [5, 5.41) is 0. The first-order valence-corrected chi connectivity index (χ1v) is 4.98. The van der Waals surface area contributed by atoms with Gasteiger partial charge in [0.25, 0.3) is 12.0 Å². The zero-order valence-corrected chi connectivity index (χ0v) is 9.48. The number of carbonyl (C=O) groups excluding carboxylic acids is 1. The molecule has 19 heavy (non-hydrogen) atoms. The molecule has 0 aliphatic heterocycles. The summed E-state index contributed by atoms with van der Waals surface area (Å²) in [6, 6.07) is 0.0678. The van der Waals surface area contributed by atoms with Gasteiger partial charge < -0.3 is 9.72 Å². The number of aromatic nitrogens is 1. The van der Waals surface area contributed by atoms with Crippen molar-refractivity contribution in [3.8, 4) is 0 Å². The van der Waals surface area contributed by atoms with Crippen molar-refractivity contribution in [2.45, 2.75) is 19.5 Å². The summed E-state index contributed by atoms with van der Waals surface area (Å²) < 4.78 is 66.9. The standard InChI is InChI=1S/C10H8F5NO3/c1-2-19-9(18)4-3-5(10(13,14)15)6(7(11)12)16-8(4)17/h3,7H,2H2,1H3,(H,16,17). The van der Waals surface area contributed by atoms with E-state index in [-0.39, 0.29) is 12.7 Å². The molecule has 0 amide bonds. The number of nitrogens with one attached hydrogen (secondary N) is 1. The van der Waals surface area contributed by atoms with Crippen LogP contribution >= 0.6 is 0 Å². The minimum Gasteiger partial charge on any atom is -0.462 e. The molecule has 1 heterocycles. The van der Waals surface area contributed by atoms with Gasteiger partial charge in [0.05, 0.1) is 17.9 Å². The van der Waals surface area contributed by atoms with Crippen LogP contribution in [0.5, 0.6) is 0 Å². The molecule has 1 aromatic rings. The van der Waals surface area contributed by atoms with Gasteiger partial charge in [-0.3, -0.25) is 4.79 Å². The number of hydrogen-bond donors (Lipinski definition) is 1. The second-order valence-corrected chi connectivity index (χ2v) is 3.36. The lowest BCUT2D eigenvalue weighted by Crippen LogP contribution is -2.25. The fraction of sp³-hybridized carbons (Fsp3) is 0.400. The van der Waals surface area contributed by atoms with Crippen molar-refractivity contribution >= 4 is 5.97 Å². The molecule has 106 valence electrons. The Kier molecular flexibility index (Phi) is 4.28. The van der Waals surface area contributed by atoms with Gasteiger partial charge in [-0.05, 0) is 13.0 Å². The fourth-order valence-corrected chi connectivity index (χ4v) is 1.31. The summed E-state index contributed by atoms with van der Waals surface area (Å²) in [4.78, 5) is 23.9. The van der Waals surface area contributed by atoms with Crippen molar-refractivity contribution in [1.82, 2.24) is 4.98 Å². The van der Waals surface area contributed by atoms with E-state index in [0.29, 0.717) is 0 Å². The quantitative estimate of drug-likeness (QED) is 0.685. The number of pyridine rings is 1. The van der Waals surface area contributed by atoms with Gasteiger partial charge in [-0.1, -0.05) is 0 Å². The van der Waals surface area contributed by atoms with Gasteiger partial charge in [-0.25, -0.2) is 13.6 Å². The van der Waals surface area contributed by atoms with Crippen molar-refractivity contribution in [2.24, 2.45) is 0 Å². The van der Waals surface area contributed by atoms with Crippen molar-refractivity contribution in [1.29, 1.82) is 0 Å². The molecule has 1 aromatic heterocycles. The van der Waals surface area contributed by atoms with Crippen LogP contribution in [0.2, 0.25) is 0 Å². The van der Waals surface area contributed by atoms with Crippen LogP contribution in [0, 0.1) is 0 Å². The van der Waals surface area contributed by atoms with Crippen molar-refractivity contribution < 1.29 is 31.5 Å². The highest BCUT2D eigenvalue weighted by molar-refractivity contribution is 5.89. The molecule has 4 nitrogen and oxygen atoms in total. The monoisotopic (exact) mass is 285 g/mol. The molecule has 0 unspecified atom stereocenters. The molecule has 0 atom stereocenters. The Bertz CT molecular complexity index is 535. The SMILES string of the molecule is CCOC(=O)c1cc(C(F)(F)F)c(C(F)F)[nH]c1=O. The first kappa shape index (κ1) is 15.1. The molecular weight excluding hydrogens is 277 g/mol. The summed E-state index contributed by atoms with van der Waals surface area (Å²) in [6.07, 6.45) is -8.66. The summed E-state index contributed by atoms with van der Waals surface area (Å²) in [5.41, 5.74) is -5.68. The lowest BCUT2D eigenvalue weighted by Gasteiger charge is -2.13. The largest absolute Gasteiger partial charge is 0.462 e. The molecule has 0 saturated heterocycles. The third kappa shape index (κ3) is 3.30. The van der Waals surface area contributed by atoms with Crippen molar-refractivity contribution in [3.05, 3.63) is 33.2 Å². The maximum atomic E-state index is 12.6. The number of aromatic amines is 1. The van der Waals surface area contributed by atoms with Gasteiger partial charge in [0.15, 0.2) is 0 Å². The highest BCUT2D eigenvalue weighted by Gasteiger charge is 2.38. The van der Waals surface area contributed by atoms with E-state index in [0.717, 1.165) is 0 Å². The molecule has 0 aliphatic carbocycles. The van der Waals surface area contributed by atoms with Crippen molar-refractivity contribution in [3.63, 3.8) is 0 Å². The van der Waals surface area contributed by atoms with E-state index in [1.165, 1.54) is 11.9 Å². The van der Waals surface area contributed by atoms with Crippen LogP contribution < -0.4 is 5.56 Å². The normalized spacial score (nSPS) is 11.7. The van der Waals surface area contributed by atoms with Crippen LogP contribution in [-0.2, 0) is 10.9 Å². The highest BCUT2D eigenvalue weighted by atomic mass is 19.4. The Balaban J connectivity index is 3.47. The number of hydrogen-bond acceptors (Lipinski definition) is 3. The number of carbonyl (C=O) groups is 1. The van der Waals surface area contributed by atoms with Gasteiger partial charge in [0.1, 0.15) is 5.56 Å². The molecule has 0 aliphatic rings. The Hall–Kier alpha value is -1.93. The zero-order chi connectivity index (χ0) is 14.8. The third-order valence-corrected chi connectivity index (χ3v) is 2.09. The maximum absolute atomic E-state index is 12.6. The number of esters is 1. The van der Waals surface area contributed by atoms with Gasteiger partial charge in [0, 0.05) is 0 Å². The Morgan fingerprint density at radius 1 is 1.42 bits per heavy atom. The van der Waals surface area contributed by atoms with Crippen LogP contribution in [0.3, 0.4) is 0 Å². The lowest BCUT2D eigenvalue weighted by molar-refractivity contribution is -0.140. The predicted octanol–water partition coefficient (Wildman–Crippen LogP) is 2.51. The van der Waals surface area contributed by atoms with E-state index in [2.05, 4.69) is 4.74 Å². The first-order valence-electron chi connectivity index (χ1n) is 4.98. The van der Waals surface area contributed by atoms with E-state index in [1.807, 2.05) is 0 Å². The number of halogens is 5. The van der Waals surface area contributed by atoms with Crippen LogP contribution in [0.25, 0.3) is 0 Å². The van der Waals surface area contributed by atoms with E-state index in [9.17, 15) is 31.5 Å². The number of alkyl halides is 5. The fourth-order valence-electron chi connectivity index (χ4n) is 1.31. The highest BCUT2D eigenvalue weighted by Crippen LogP contribution is 2.34. The van der Waals surface area contributed by atoms with Gasteiger partial charge >= 0.3 is 12.1 Å². The predicted molar refractivity (Wildman–Crippen MR) is 53.0 cm³/mol. The molecule has 0 aromatic carbocycles. The number of H-pyrrole nitrogens is 1.